The van der Waals surface area contributed by atoms with E-state index in [0.717, 1.165) is 13.0 Å². The lowest BCUT2D eigenvalue weighted by Crippen LogP contribution is -2.37. The molecule has 1 rings (SSSR count). The maximum absolute atomic E-state index is 11.5. The molecule has 1 saturated carbocycles. The highest BCUT2D eigenvalue weighted by Crippen LogP contribution is 2.27. The van der Waals surface area contributed by atoms with Gasteiger partial charge in [-0.1, -0.05) is 13.8 Å². The van der Waals surface area contributed by atoms with Crippen molar-refractivity contribution in [1.82, 2.24) is 10.6 Å². The predicted molar refractivity (Wildman–Crippen MR) is 73.9 cm³/mol. The summed E-state index contributed by atoms with van der Waals surface area (Å²) in [6.45, 7) is 5.58. The van der Waals surface area contributed by atoms with E-state index in [-0.39, 0.29) is 12.5 Å². The quantitative estimate of drug-likeness (QED) is 0.601. The van der Waals surface area contributed by atoms with Gasteiger partial charge in [-0.25, -0.2) is 4.79 Å². The summed E-state index contributed by atoms with van der Waals surface area (Å²) in [5.74, 6) is 0.723. The van der Waals surface area contributed by atoms with Crippen molar-refractivity contribution in [2.45, 2.75) is 46.0 Å². The van der Waals surface area contributed by atoms with Crippen LogP contribution in [0.25, 0.3) is 0 Å². The molecule has 5 nitrogen and oxygen atoms in total. The lowest BCUT2D eigenvalue weighted by Gasteiger charge is -2.20. The van der Waals surface area contributed by atoms with Gasteiger partial charge in [-0.2, -0.15) is 0 Å². The van der Waals surface area contributed by atoms with Gasteiger partial charge in [-0.05, 0) is 43.4 Å². The number of carbonyl (C=O) groups is 2. The average Bonchev–Trinajstić information content (AvgIpc) is 3.14. The van der Waals surface area contributed by atoms with E-state index >= 15 is 0 Å². The Morgan fingerprint density at radius 1 is 1.21 bits per heavy atom. The molecule has 0 aromatic heterocycles. The van der Waals surface area contributed by atoms with E-state index in [1.807, 2.05) is 0 Å². The largest absolute Gasteiger partial charge is 0.481 e. The van der Waals surface area contributed by atoms with Gasteiger partial charge in [0, 0.05) is 19.5 Å². The molecule has 19 heavy (non-hydrogen) atoms. The van der Waals surface area contributed by atoms with Crippen molar-refractivity contribution in [3.8, 4) is 0 Å². The first-order valence-corrected chi connectivity index (χ1v) is 7.22. The molecule has 5 heteroatoms. The van der Waals surface area contributed by atoms with Gasteiger partial charge in [-0.3, -0.25) is 4.79 Å². The van der Waals surface area contributed by atoms with Crippen molar-refractivity contribution in [3.05, 3.63) is 0 Å². The van der Waals surface area contributed by atoms with Gasteiger partial charge in [0.1, 0.15) is 0 Å². The van der Waals surface area contributed by atoms with E-state index in [4.69, 9.17) is 5.11 Å². The van der Waals surface area contributed by atoms with Crippen LogP contribution in [0.5, 0.6) is 0 Å². The van der Waals surface area contributed by atoms with Crippen LogP contribution < -0.4 is 10.6 Å². The molecule has 0 radical (unpaired) electrons. The number of aliphatic carboxylic acids is 1. The molecule has 110 valence electrons. The van der Waals surface area contributed by atoms with E-state index in [9.17, 15) is 9.59 Å². The molecule has 0 spiro atoms. The maximum atomic E-state index is 11.5. The molecular formula is C14H26N2O3. The van der Waals surface area contributed by atoms with E-state index < -0.39 is 5.97 Å². The van der Waals surface area contributed by atoms with Crippen LogP contribution >= 0.6 is 0 Å². The van der Waals surface area contributed by atoms with Gasteiger partial charge in [0.15, 0.2) is 0 Å². The number of hydrogen-bond acceptors (Lipinski definition) is 2. The van der Waals surface area contributed by atoms with Crippen molar-refractivity contribution < 1.29 is 14.7 Å². The van der Waals surface area contributed by atoms with Crippen molar-refractivity contribution >= 4 is 12.0 Å². The molecule has 0 aliphatic heterocycles. The zero-order chi connectivity index (χ0) is 14.3. The van der Waals surface area contributed by atoms with Gasteiger partial charge in [0.05, 0.1) is 0 Å². The summed E-state index contributed by atoms with van der Waals surface area (Å²) in [5, 5.41) is 14.4. The molecular weight excluding hydrogens is 244 g/mol. The second-order valence-electron chi connectivity index (χ2n) is 5.81. The molecule has 3 N–H and O–H groups in total. The Morgan fingerprint density at radius 2 is 1.89 bits per heavy atom. The van der Waals surface area contributed by atoms with Crippen molar-refractivity contribution in [3.63, 3.8) is 0 Å². The minimum atomic E-state index is -0.749. The Balaban J connectivity index is 2.11. The van der Waals surface area contributed by atoms with Crippen LogP contribution in [0.2, 0.25) is 0 Å². The van der Waals surface area contributed by atoms with Gasteiger partial charge in [0.2, 0.25) is 0 Å². The van der Waals surface area contributed by atoms with Crippen molar-refractivity contribution in [1.29, 1.82) is 0 Å². The van der Waals surface area contributed by atoms with Crippen LogP contribution in [0.1, 0.15) is 46.0 Å². The summed E-state index contributed by atoms with van der Waals surface area (Å²) in [7, 11) is 0. The van der Waals surface area contributed by atoms with Crippen LogP contribution in [0.15, 0.2) is 0 Å². The van der Waals surface area contributed by atoms with Crippen LogP contribution in [-0.2, 0) is 4.79 Å². The highest BCUT2D eigenvalue weighted by Gasteiger charge is 2.21. The Labute approximate surface area is 115 Å². The van der Waals surface area contributed by atoms with Crippen LogP contribution in [0, 0.1) is 17.8 Å². The first-order chi connectivity index (χ1) is 8.99. The highest BCUT2D eigenvalue weighted by molar-refractivity contribution is 5.73. The minimum Gasteiger partial charge on any atom is -0.481 e. The van der Waals surface area contributed by atoms with Gasteiger partial charge in [-0.15, -0.1) is 0 Å². The van der Waals surface area contributed by atoms with E-state index in [1.165, 1.54) is 12.8 Å². The summed E-state index contributed by atoms with van der Waals surface area (Å²) >= 11 is 0. The standard InChI is InChI=1S/C14H26N2O3/c1-10(2)12(5-6-13(17)18)7-8-15-14(19)16-9-11-3-4-11/h10-12H,3-9H2,1-2H3,(H,17,18)(H2,15,16,19). The number of carboxylic acid groups (broad SMARTS) is 1. The van der Waals surface area contributed by atoms with Crippen LogP contribution in [0.3, 0.4) is 0 Å². The lowest BCUT2D eigenvalue weighted by molar-refractivity contribution is -0.137. The molecule has 0 bridgehead atoms. The zero-order valence-electron chi connectivity index (χ0n) is 11.9. The Kier molecular flexibility index (Phi) is 6.67. The molecule has 1 atom stereocenters. The molecule has 2 amide bonds. The number of rotatable bonds is 9. The van der Waals surface area contributed by atoms with E-state index in [2.05, 4.69) is 24.5 Å². The monoisotopic (exact) mass is 270 g/mol. The number of urea groups is 1. The topological polar surface area (TPSA) is 78.4 Å². The fourth-order valence-corrected chi connectivity index (χ4v) is 2.11. The second kappa shape index (κ2) is 8.02. The fourth-order valence-electron chi connectivity index (χ4n) is 2.11. The first-order valence-electron chi connectivity index (χ1n) is 7.22. The Morgan fingerprint density at radius 3 is 2.42 bits per heavy atom. The second-order valence-corrected chi connectivity index (χ2v) is 5.81. The molecule has 0 heterocycles. The van der Waals surface area contributed by atoms with Gasteiger partial charge >= 0.3 is 12.0 Å². The third kappa shape index (κ3) is 7.70. The van der Waals surface area contributed by atoms with Gasteiger partial charge < -0.3 is 15.7 Å². The summed E-state index contributed by atoms with van der Waals surface area (Å²) in [6, 6.07) is -0.104. The van der Waals surface area contributed by atoms with Crippen molar-refractivity contribution in [2.24, 2.45) is 17.8 Å². The van der Waals surface area contributed by atoms with Crippen LogP contribution in [0.4, 0.5) is 4.79 Å². The van der Waals surface area contributed by atoms with E-state index in [1.54, 1.807) is 0 Å². The van der Waals surface area contributed by atoms with Crippen LogP contribution in [-0.4, -0.2) is 30.2 Å². The van der Waals surface area contributed by atoms with E-state index in [0.29, 0.717) is 30.7 Å². The molecule has 1 aliphatic rings. The summed E-state index contributed by atoms with van der Waals surface area (Å²) in [6.07, 6.45) is 4.17. The third-order valence-corrected chi connectivity index (χ3v) is 3.72. The number of amides is 2. The third-order valence-electron chi connectivity index (χ3n) is 3.72. The lowest BCUT2D eigenvalue weighted by atomic mass is 9.88. The first kappa shape index (κ1) is 15.8. The summed E-state index contributed by atoms with van der Waals surface area (Å²) in [5.41, 5.74) is 0. The fraction of sp³-hybridized carbons (Fsp3) is 0.857. The maximum Gasteiger partial charge on any atom is 0.314 e. The molecule has 0 aromatic carbocycles. The molecule has 1 fully saturated rings. The SMILES string of the molecule is CC(C)C(CCNC(=O)NCC1CC1)CCC(=O)O. The summed E-state index contributed by atoms with van der Waals surface area (Å²) < 4.78 is 0. The smallest absolute Gasteiger partial charge is 0.314 e. The number of carboxylic acids is 1. The predicted octanol–water partition coefficient (Wildman–Crippen LogP) is 2.22. The molecule has 1 unspecified atom stereocenters. The zero-order valence-corrected chi connectivity index (χ0v) is 11.9. The average molecular weight is 270 g/mol. The normalized spacial score (nSPS) is 16.2. The van der Waals surface area contributed by atoms with Gasteiger partial charge in [0.25, 0.3) is 0 Å². The number of nitrogens with one attached hydrogen (secondary N) is 2. The molecule has 0 aromatic rings. The molecule has 0 saturated heterocycles. The highest BCUT2D eigenvalue weighted by atomic mass is 16.4. The number of carbonyl (C=O) groups excluding carboxylic acids is 1. The van der Waals surface area contributed by atoms with Crippen molar-refractivity contribution in [2.75, 3.05) is 13.1 Å². The Hall–Kier alpha value is -1.26. The molecule has 1 aliphatic carbocycles. The number of hydrogen-bond donors (Lipinski definition) is 3. The Bertz CT molecular complexity index is 301. The summed E-state index contributed by atoms with van der Waals surface area (Å²) in [4.78, 5) is 22.1. The minimum absolute atomic E-state index is 0.104.